The first-order valence-corrected chi connectivity index (χ1v) is 10.1. The molecule has 3 rings (SSSR count). The topological polar surface area (TPSA) is 92.8 Å². The number of nitrogens with one attached hydrogen (secondary N) is 1. The van der Waals surface area contributed by atoms with Crippen LogP contribution in [0.1, 0.15) is 32.6 Å². The van der Waals surface area contributed by atoms with Gasteiger partial charge in [-0.25, -0.2) is 8.42 Å². The minimum Gasteiger partial charge on any atom is -0.482 e. The van der Waals surface area contributed by atoms with Crippen LogP contribution in [0, 0.1) is 0 Å². The number of ether oxygens (including phenoxy) is 1. The zero-order valence-corrected chi connectivity index (χ0v) is 15.0. The minimum absolute atomic E-state index is 0.0351. The Labute approximate surface area is 147 Å². The average molecular weight is 366 g/mol. The van der Waals surface area contributed by atoms with Gasteiger partial charge in [0.15, 0.2) is 16.4 Å². The van der Waals surface area contributed by atoms with Gasteiger partial charge in [0, 0.05) is 19.0 Å². The molecule has 0 aliphatic carbocycles. The zero-order valence-electron chi connectivity index (χ0n) is 14.2. The summed E-state index contributed by atoms with van der Waals surface area (Å²) in [5.74, 6) is -0.249. The van der Waals surface area contributed by atoms with E-state index < -0.39 is 9.84 Å². The van der Waals surface area contributed by atoms with Gasteiger partial charge in [-0.1, -0.05) is 0 Å². The third-order valence-corrected chi connectivity index (χ3v) is 6.36. The predicted molar refractivity (Wildman–Crippen MR) is 92.3 cm³/mol. The molecule has 0 saturated carbocycles. The maximum Gasteiger partial charge on any atom is 0.262 e. The van der Waals surface area contributed by atoms with E-state index in [1.165, 1.54) is 18.2 Å². The molecule has 1 unspecified atom stereocenters. The van der Waals surface area contributed by atoms with E-state index in [4.69, 9.17) is 4.74 Å². The third kappa shape index (κ3) is 3.95. The number of sulfone groups is 1. The average Bonchev–Trinajstić information content (AvgIpc) is 2.59. The Bertz CT molecular complexity index is 790. The highest BCUT2D eigenvalue weighted by Gasteiger charge is 2.26. The summed E-state index contributed by atoms with van der Waals surface area (Å²) in [6, 6.07) is 4.52. The second kappa shape index (κ2) is 7.03. The van der Waals surface area contributed by atoms with Crippen molar-refractivity contribution in [3.8, 4) is 5.75 Å². The van der Waals surface area contributed by atoms with Crippen molar-refractivity contribution < 1.29 is 22.7 Å². The molecule has 1 saturated heterocycles. The number of carbonyl (C=O) groups is 2. The summed E-state index contributed by atoms with van der Waals surface area (Å²) in [4.78, 5) is 25.6. The lowest BCUT2D eigenvalue weighted by Gasteiger charge is -2.33. The Balaban J connectivity index is 1.68. The number of amides is 2. The number of hydrogen-bond acceptors (Lipinski definition) is 5. The van der Waals surface area contributed by atoms with E-state index >= 15 is 0 Å². The number of likely N-dealkylation sites (tertiary alicyclic amines) is 1. The van der Waals surface area contributed by atoms with E-state index in [1.54, 1.807) is 4.90 Å². The first kappa shape index (κ1) is 17.7. The van der Waals surface area contributed by atoms with Crippen molar-refractivity contribution in [2.75, 3.05) is 24.2 Å². The molecule has 2 aliphatic rings. The van der Waals surface area contributed by atoms with Crippen molar-refractivity contribution in [1.82, 2.24) is 4.90 Å². The van der Waals surface area contributed by atoms with Crippen LogP contribution in [0.2, 0.25) is 0 Å². The maximum absolute atomic E-state index is 12.5. The molecule has 2 aliphatic heterocycles. The molecule has 1 atom stereocenters. The number of nitrogens with zero attached hydrogens (tertiary/aromatic N) is 1. The van der Waals surface area contributed by atoms with Crippen molar-refractivity contribution in [2.24, 2.45) is 0 Å². The molecule has 25 heavy (non-hydrogen) atoms. The van der Waals surface area contributed by atoms with Gasteiger partial charge in [0.1, 0.15) is 5.75 Å². The number of piperidine rings is 1. The lowest BCUT2D eigenvalue weighted by molar-refractivity contribution is -0.134. The first-order valence-electron chi connectivity index (χ1n) is 8.46. The van der Waals surface area contributed by atoms with Crippen LogP contribution in [0.25, 0.3) is 0 Å². The van der Waals surface area contributed by atoms with E-state index in [-0.39, 0.29) is 41.5 Å². The van der Waals surface area contributed by atoms with Crippen LogP contribution < -0.4 is 10.1 Å². The van der Waals surface area contributed by atoms with E-state index in [0.29, 0.717) is 18.0 Å². The van der Waals surface area contributed by atoms with E-state index in [0.717, 1.165) is 19.3 Å². The van der Waals surface area contributed by atoms with Crippen LogP contribution >= 0.6 is 0 Å². The van der Waals surface area contributed by atoms with Gasteiger partial charge in [-0.15, -0.1) is 0 Å². The molecule has 1 aromatic carbocycles. The van der Waals surface area contributed by atoms with Crippen LogP contribution in [0.3, 0.4) is 0 Å². The van der Waals surface area contributed by atoms with Crippen molar-refractivity contribution in [3.63, 3.8) is 0 Å². The molecule has 8 heteroatoms. The molecule has 7 nitrogen and oxygen atoms in total. The van der Waals surface area contributed by atoms with Crippen molar-refractivity contribution in [1.29, 1.82) is 0 Å². The highest BCUT2D eigenvalue weighted by molar-refractivity contribution is 7.91. The Morgan fingerprint density at radius 1 is 1.36 bits per heavy atom. The van der Waals surface area contributed by atoms with Crippen molar-refractivity contribution in [3.05, 3.63) is 18.2 Å². The largest absolute Gasteiger partial charge is 0.482 e. The maximum atomic E-state index is 12.5. The fourth-order valence-corrected chi connectivity index (χ4v) is 4.46. The Kier molecular flexibility index (Phi) is 4.99. The third-order valence-electron chi connectivity index (χ3n) is 4.65. The van der Waals surface area contributed by atoms with Crippen LogP contribution in [-0.4, -0.2) is 50.1 Å². The smallest absolute Gasteiger partial charge is 0.262 e. The molecule has 2 heterocycles. The highest BCUT2D eigenvalue weighted by Crippen LogP contribution is 2.30. The number of fused-ring (bicyclic) bond motifs is 1. The number of anilines is 1. The summed E-state index contributed by atoms with van der Waals surface area (Å²) in [6.45, 7) is 2.61. The number of benzene rings is 1. The normalized spacial score (nSPS) is 20.4. The SMILES string of the molecule is CC1CCCCN1C(=O)CCS(=O)(=O)c1ccc2c(c1)NC(=O)CO2. The van der Waals surface area contributed by atoms with Gasteiger partial charge in [-0.05, 0) is 44.4 Å². The molecule has 1 N–H and O–H groups in total. The van der Waals surface area contributed by atoms with E-state index in [2.05, 4.69) is 5.32 Å². The quantitative estimate of drug-likeness (QED) is 0.873. The molecule has 0 bridgehead atoms. The zero-order chi connectivity index (χ0) is 18.0. The van der Waals surface area contributed by atoms with Crippen molar-refractivity contribution >= 4 is 27.3 Å². The van der Waals surface area contributed by atoms with Crippen LogP contribution in [-0.2, 0) is 19.4 Å². The summed E-state index contributed by atoms with van der Waals surface area (Å²) < 4.78 is 30.3. The summed E-state index contributed by atoms with van der Waals surface area (Å²) >= 11 is 0. The molecular weight excluding hydrogens is 344 g/mol. The van der Waals surface area contributed by atoms with Gasteiger partial charge < -0.3 is 15.0 Å². The number of carbonyl (C=O) groups excluding carboxylic acids is 2. The van der Waals surface area contributed by atoms with Gasteiger partial charge in [-0.3, -0.25) is 9.59 Å². The molecule has 136 valence electrons. The van der Waals surface area contributed by atoms with Gasteiger partial charge in [0.2, 0.25) is 5.91 Å². The fourth-order valence-electron chi connectivity index (χ4n) is 3.21. The monoisotopic (exact) mass is 366 g/mol. The van der Waals surface area contributed by atoms with Gasteiger partial charge in [0.25, 0.3) is 5.91 Å². The molecule has 1 aromatic rings. The highest BCUT2D eigenvalue weighted by atomic mass is 32.2. The number of hydrogen-bond donors (Lipinski definition) is 1. The van der Waals surface area contributed by atoms with Crippen LogP contribution in [0.5, 0.6) is 5.75 Å². The summed E-state index contributed by atoms with van der Waals surface area (Å²) in [5, 5.41) is 2.59. The Morgan fingerprint density at radius 2 is 2.16 bits per heavy atom. The van der Waals surface area contributed by atoms with Gasteiger partial charge in [-0.2, -0.15) is 0 Å². The van der Waals surface area contributed by atoms with Crippen LogP contribution in [0.4, 0.5) is 5.69 Å². The predicted octanol–water partition coefficient (Wildman–Crippen LogP) is 1.58. The summed E-state index contributed by atoms with van der Waals surface area (Å²) in [6.07, 6.45) is 3.00. The minimum atomic E-state index is -3.62. The number of rotatable bonds is 4. The molecule has 0 spiro atoms. The molecule has 2 amide bonds. The van der Waals surface area contributed by atoms with Gasteiger partial charge >= 0.3 is 0 Å². The van der Waals surface area contributed by atoms with Gasteiger partial charge in [0.05, 0.1) is 16.3 Å². The second-order valence-corrected chi connectivity index (χ2v) is 8.60. The summed E-state index contributed by atoms with van der Waals surface area (Å²) in [5.41, 5.74) is 0.341. The molecule has 0 aromatic heterocycles. The lowest BCUT2D eigenvalue weighted by Crippen LogP contribution is -2.42. The lowest BCUT2D eigenvalue weighted by atomic mass is 10.0. The second-order valence-electron chi connectivity index (χ2n) is 6.50. The molecule has 1 fully saturated rings. The van der Waals surface area contributed by atoms with Crippen molar-refractivity contribution in [2.45, 2.75) is 43.5 Å². The first-order chi connectivity index (χ1) is 11.9. The van der Waals surface area contributed by atoms with E-state index in [9.17, 15) is 18.0 Å². The standard InChI is InChI=1S/C17H22N2O5S/c1-12-4-2-3-8-19(12)17(21)7-9-25(22,23)13-5-6-15-14(10-13)18-16(20)11-24-15/h5-6,10,12H,2-4,7-9,11H2,1H3,(H,18,20). The fraction of sp³-hybridized carbons (Fsp3) is 0.529. The van der Waals surface area contributed by atoms with Crippen LogP contribution in [0.15, 0.2) is 23.1 Å². The Hall–Kier alpha value is -2.09. The molecule has 0 radical (unpaired) electrons. The van der Waals surface area contributed by atoms with E-state index in [1.807, 2.05) is 6.92 Å². The molecular formula is C17H22N2O5S. The Morgan fingerprint density at radius 3 is 2.92 bits per heavy atom. The summed E-state index contributed by atoms with van der Waals surface area (Å²) in [7, 11) is -3.62.